The van der Waals surface area contributed by atoms with Gasteiger partial charge in [-0.05, 0) is 116 Å². The molecule has 10 aromatic rings. The van der Waals surface area contributed by atoms with Crippen molar-refractivity contribution in [1.29, 1.82) is 0 Å². The highest BCUT2D eigenvalue weighted by atomic mass is 16.3. The predicted octanol–water partition coefficient (Wildman–Crippen LogP) is 15.1. The predicted molar refractivity (Wildman–Crippen MR) is 277 cm³/mol. The summed E-state index contributed by atoms with van der Waals surface area (Å²) in [5, 5.41) is 4.52. The Kier molecular flexibility index (Phi) is 8.39. The number of para-hydroxylation sites is 3. The van der Waals surface area contributed by atoms with Crippen molar-refractivity contribution in [2.75, 3.05) is 9.80 Å². The molecule has 0 bridgehead atoms. The topological polar surface area (TPSA) is 32.8 Å². The summed E-state index contributed by atoms with van der Waals surface area (Å²) in [5.74, 6) is 0. The van der Waals surface area contributed by atoms with Crippen LogP contribution in [0.25, 0.3) is 55.0 Å². The Balaban J connectivity index is 1.15. The van der Waals surface area contributed by atoms with Gasteiger partial charge in [0.2, 0.25) is 0 Å². The van der Waals surface area contributed by atoms with Crippen molar-refractivity contribution in [1.82, 2.24) is 0 Å². The molecular formula is C60H53BN2O2. The maximum atomic E-state index is 6.58. The van der Waals surface area contributed by atoms with Gasteiger partial charge >= 0.3 is 0 Å². The molecule has 0 amide bonds. The van der Waals surface area contributed by atoms with Crippen LogP contribution in [0.15, 0.2) is 167 Å². The number of anilines is 6. The van der Waals surface area contributed by atoms with Crippen LogP contribution in [-0.4, -0.2) is 6.71 Å². The van der Waals surface area contributed by atoms with Crippen LogP contribution in [0.1, 0.15) is 79.0 Å². The Labute approximate surface area is 382 Å². The summed E-state index contributed by atoms with van der Waals surface area (Å²) in [6.07, 6.45) is 0. The number of hydrogen-bond acceptors (Lipinski definition) is 4. The zero-order valence-corrected chi connectivity index (χ0v) is 38.8. The van der Waals surface area contributed by atoms with E-state index in [0.29, 0.717) is 0 Å². The average molecular weight is 845 g/mol. The second-order valence-corrected chi connectivity index (χ2v) is 21.4. The summed E-state index contributed by atoms with van der Waals surface area (Å²) >= 11 is 0. The van der Waals surface area contributed by atoms with E-state index in [1.54, 1.807) is 0 Å². The van der Waals surface area contributed by atoms with E-state index in [0.717, 1.165) is 66.4 Å². The number of benzene rings is 8. The molecule has 0 saturated heterocycles. The van der Waals surface area contributed by atoms with E-state index in [9.17, 15) is 0 Å². The molecule has 0 radical (unpaired) electrons. The number of rotatable bonds is 3. The summed E-state index contributed by atoms with van der Waals surface area (Å²) < 4.78 is 13.1. The lowest BCUT2D eigenvalue weighted by atomic mass is 9.33. The van der Waals surface area contributed by atoms with Crippen LogP contribution in [-0.2, 0) is 16.2 Å². The highest BCUT2D eigenvalue weighted by Gasteiger charge is 2.45. The van der Waals surface area contributed by atoms with E-state index in [1.807, 2.05) is 6.07 Å². The molecule has 5 heteroatoms. The van der Waals surface area contributed by atoms with Crippen LogP contribution in [0.2, 0.25) is 0 Å². The molecule has 2 aliphatic rings. The Hall–Kier alpha value is -6.98. The summed E-state index contributed by atoms with van der Waals surface area (Å²) in [5.41, 5.74) is 20.5. The Bertz CT molecular complexity index is 3570. The normalized spacial score (nSPS) is 13.8. The zero-order chi connectivity index (χ0) is 44.7. The highest BCUT2D eigenvalue weighted by molar-refractivity contribution is 7.00. The SMILES string of the molecule is CC(C)(C)c1ccc2c(c1)B1c3ccc(C(C)(C)C)cc3N(c3ccc(-c4cccc5c4oc4ccccc45)cc3)c3cc(C(C)(C)C)cc(c31)N2c1cccc2oc3ccccc3c12. The fourth-order valence-electron chi connectivity index (χ4n) is 10.6. The van der Waals surface area contributed by atoms with Crippen molar-refractivity contribution < 1.29 is 8.83 Å². The lowest BCUT2D eigenvalue weighted by Crippen LogP contribution is -2.61. The third-order valence-corrected chi connectivity index (χ3v) is 14.1. The zero-order valence-electron chi connectivity index (χ0n) is 38.8. The van der Waals surface area contributed by atoms with Gasteiger partial charge < -0.3 is 18.6 Å². The molecule has 4 heterocycles. The Morgan fingerprint density at radius 2 is 0.985 bits per heavy atom. The van der Waals surface area contributed by atoms with Gasteiger partial charge in [-0.1, -0.05) is 159 Å². The van der Waals surface area contributed by atoms with E-state index >= 15 is 0 Å². The highest BCUT2D eigenvalue weighted by Crippen LogP contribution is 2.50. The molecule has 0 spiro atoms. The van der Waals surface area contributed by atoms with Gasteiger partial charge in [-0.3, -0.25) is 0 Å². The van der Waals surface area contributed by atoms with Gasteiger partial charge in [0, 0.05) is 50.2 Å². The molecule has 0 saturated carbocycles. The van der Waals surface area contributed by atoms with Gasteiger partial charge in [0.25, 0.3) is 6.71 Å². The second kappa shape index (κ2) is 13.8. The molecule has 318 valence electrons. The van der Waals surface area contributed by atoms with E-state index in [2.05, 4.69) is 224 Å². The van der Waals surface area contributed by atoms with Crippen molar-refractivity contribution in [2.45, 2.75) is 78.6 Å². The van der Waals surface area contributed by atoms with Crippen molar-refractivity contribution in [3.63, 3.8) is 0 Å². The third kappa shape index (κ3) is 6.04. The van der Waals surface area contributed by atoms with Crippen LogP contribution in [0.5, 0.6) is 0 Å². The number of hydrogen-bond donors (Lipinski definition) is 0. The maximum absolute atomic E-state index is 6.58. The molecule has 0 atom stereocenters. The van der Waals surface area contributed by atoms with Crippen LogP contribution in [0.3, 0.4) is 0 Å². The Morgan fingerprint density at radius 1 is 0.400 bits per heavy atom. The molecule has 2 aromatic heterocycles. The molecule has 65 heavy (non-hydrogen) atoms. The van der Waals surface area contributed by atoms with Crippen LogP contribution >= 0.6 is 0 Å². The summed E-state index contributed by atoms with van der Waals surface area (Å²) in [4.78, 5) is 5.12. The van der Waals surface area contributed by atoms with Crippen molar-refractivity contribution >= 4 is 101 Å². The molecule has 0 unspecified atom stereocenters. The molecule has 4 nitrogen and oxygen atoms in total. The van der Waals surface area contributed by atoms with Gasteiger partial charge in [-0.2, -0.15) is 0 Å². The largest absolute Gasteiger partial charge is 0.456 e. The number of furan rings is 2. The van der Waals surface area contributed by atoms with Crippen LogP contribution in [0, 0.1) is 0 Å². The summed E-state index contributed by atoms with van der Waals surface area (Å²) in [7, 11) is 0. The fraction of sp³-hybridized carbons (Fsp3) is 0.200. The summed E-state index contributed by atoms with van der Waals surface area (Å²) in [6.45, 7) is 21.0. The van der Waals surface area contributed by atoms with Gasteiger partial charge in [0.15, 0.2) is 0 Å². The molecule has 0 N–H and O–H groups in total. The van der Waals surface area contributed by atoms with E-state index in [1.165, 1.54) is 55.8 Å². The lowest BCUT2D eigenvalue weighted by Gasteiger charge is -2.45. The third-order valence-electron chi connectivity index (χ3n) is 14.1. The average Bonchev–Trinajstić information content (AvgIpc) is 3.87. The minimum absolute atomic E-state index is 0.00639. The molecule has 0 fully saturated rings. The maximum Gasteiger partial charge on any atom is 0.252 e. The molecule has 2 aliphatic heterocycles. The van der Waals surface area contributed by atoms with E-state index < -0.39 is 0 Å². The fourth-order valence-corrected chi connectivity index (χ4v) is 10.6. The molecule has 8 aromatic carbocycles. The van der Waals surface area contributed by atoms with Crippen molar-refractivity contribution in [2.24, 2.45) is 0 Å². The number of nitrogens with zero attached hydrogens (tertiary/aromatic N) is 2. The summed E-state index contributed by atoms with van der Waals surface area (Å²) in [6, 6.07) is 58.5. The van der Waals surface area contributed by atoms with Gasteiger partial charge in [-0.25, -0.2) is 0 Å². The smallest absolute Gasteiger partial charge is 0.252 e. The lowest BCUT2D eigenvalue weighted by molar-refractivity contribution is 0.589. The minimum Gasteiger partial charge on any atom is -0.456 e. The molecule has 12 rings (SSSR count). The standard InChI is InChI=1S/C60H53BN2O2/c1-58(2,3)37-27-31-47-46(32-37)61-45-30-26-38(59(4,5)6)33-49(45)62(40-28-24-36(25-29-40)41-18-14-19-43-42-16-10-12-21-52(42)65-57(41)43)50-34-39(60(7,8)9)35-51(56(50)61)63(47)48-20-15-23-54-55(48)44-17-11-13-22-53(44)64-54/h10-35H,1-9H3. The quantitative estimate of drug-likeness (QED) is 0.166. The monoisotopic (exact) mass is 844 g/mol. The van der Waals surface area contributed by atoms with E-state index in [-0.39, 0.29) is 23.0 Å². The van der Waals surface area contributed by atoms with Crippen molar-refractivity contribution in [3.05, 3.63) is 174 Å². The second-order valence-electron chi connectivity index (χ2n) is 21.4. The number of fused-ring (bicyclic) bond motifs is 10. The Morgan fingerprint density at radius 3 is 1.71 bits per heavy atom. The van der Waals surface area contributed by atoms with Crippen molar-refractivity contribution in [3.8, 4) is 11.1 Å². The first-order chi connectivity index (χ1) is 31.1. The van der Waals surface area contributed by atoms with Crippen LogP contribution < -0.4 is 26.2 Å². The first kappa shape index (κ1) is 39.6. The minimum atomic E-state index is -0.147. The molecular weight excluding hydrogens is 791 g/mol. The van der Waals surface area contributed by atoms with Gasteiger partial charge in [-0.15, -0.1) is 0 Å². The van der Waals surface area contributed by atoms with Crippen LogP contribution in [0.4, 0.5) is 34.1 Å². The van der Waals surface area contributed by atoms with E-state index in [4.69, 9.17) is 8.83 Å². The first-order valence-electron chi connectivity index (χ1n) is 23.1. The van der Waals surface area contributed by atoms with Gasteiger partial charge in [0.05, 0.1) is 11.1 Å². The van der Waals surface area contributed by atoms with Gasteiger partial charge in [0.1, 0.15) is 22.3 Å². The first-order valence-corrected chi connectivity index (χ1v) is 23.1. The molecule has 0 aliphatic carbocycles.